The summed E-state index contributed by atoms with van der Waals surface area (Å²) in [6.07, 6.45) is 2.02. The van der Waals surface area contributed by atoms with Crippen molar-refractivity contribution in [2.24, 2.45) is 5.92 Å². The number of methoxy groups -OCH3 is 2. The van der Waals surface area contributed by atoms with Crippen molar-refractivity contribution in [3.05, 3.63) is 18.2 Å². The van der Waals surface area contributed by atoms with E-state index in [4.69, 9.17) is 14.2 Å². The molecular weight excluding hydrogens is 384 g/mol. The molecule has 0 saturated carbocycles. The molecule has 0 aromatic heterocycles. The van der Waals surface area contributed by atoms with Gasteiger partial charge in [-0.15, -0.1) is 0 Å². The van der Waals surface area contributed by atoms with Gasteiger partial charge < -0.3 is 19.5 Å². The van der Waals surface area contributed by atoms with Crippen molar-refractivity contribution in [2.45, 2.75) is 31.1 Å². The third-order valence-electron chi connectivity index (χ3n) is 4.71. The molecule has 0 spiro atoms. The minimum atomic E-state index is -3.81. The Kier molecular flexibility index (Phi) is 8.53. The minimum absolute atomic E-state index is 0.0483. The van der Waals surface area contributed by atoms with E-state index in [9.17, 15) is 13.2 Å². The van der Waals surface area contributed by atoms with Crippen molar-refractivity contribution < 1.29 is 27.4 Å². The largest absolute Gasteiger partial charge is 0.497 e. The number of sulfonamides is 1. The van der Waals surface area contributed by atoms with Crippen LogP contribution in [0.4, 0.5) is 0 Å². The molecule has 8 nitrogen and oxygen atoms in total. The third-order valence-corrected chi connectivity index (χ3v) is 6.60. The SMILES string of the molecule is CCOCCCNC(=O)[C@H]1CCCN(S(=O)(=O)c2cc(OC)ccc2OC)C1. The molecule has 1 aliphatic heterocycles. The molecule has 1 N–H and O–H groups in total. The molecule has 9 heteroatoms. The summed E-state index contributed by atoms with van der Waals surface area (Å²) in [5.74, 6) is 0.199. The Morgan fingerprint density at radius 1 is 1.29 bits per heavy atom. The number of piperidine rings is 1. The zero-order valence-corrected chi connectivity index (χ0v) is 17.6. The summed E-state index contributed by atoms with van der Waals surface area (Å²) in [4.78, 5) is 12.5. The molecule has 1 atom stereocenters. The van der Waals surface area contributed by atoms with E-state index < -0.39 is 10.0 Å². The van der Waals surface area contributed by atoms with Crippen LogP contribution in [0.1, 0.15) is 26.2 Å². The second-order valence-electron chi connectivity index (χ2n) is 6.56. The summed E-state index contributed by atoms with van der Waals surface area (Å²) in [6.45, 7) is 4.21. The van der Waals surface area contributed by atoms with Crippen molar-refractivity contribution in [1.82, 2.24) is 9.62 Å². The lowest BCUT2D eigenvalue weighted by molar-refractivity contribution is -0.126. The molecule has 1 fully saturated rings. The molecule has 28 heavy (non-hydrogen) atoms. The Bertz CT molecular complexity index is 753. The van der Waals surface area contributed by atoms with Crippen molar-refractivity contribution in [1.29, 1.82) is 0 Å². The number of carbonyl (C=O) groups is 1. The van der Waals surface area contributed by atoms with Crippen LogP contribution < -0.4 is 14.8 Å². The fraction of sp³-hybridized carbons (Fsp3) is 0.632. The van der Waals surface area contributed by atoms with Crippen LogP contribution in [-0.2, 0) is 19.6 Å². The van der Waals surface area contributed by atoms with Gasteiger partial charge in [0.05, 0.1) is 20.1 Å². The minimum Gasteiger partial charge on any atom is -0.497 e. The predicted molar refractivity (Wildman–Crippen MR) is 105 cm³/mol. The number of ether oxygens (including phenoxy) is 3. The van der Waals surface area contributed by atoms with Gasteiger partial charge in [0.2, 0.25) is 15.9 Å². The molecule has 1 saturated heterocycles. The third kappa shape index (κ3) is 5.59. The quantitative estimate of drug-likeness (QED) is 0.585. The first-order valence-corrected chi connectivity index (χ1v) is 11.0. The van der Waals surface area contributed by atoms with Crippen molar-refractivity contribution in [3.8, 4) is 11.5 Å². The van der Waals surface area contributed by atoms with Crippen LogP contribution in [0.5, 0.6) is 11.5 Å². The summed E-state index contributed by atoms with van der Waals surface area (Å²) < 4.78 is 43.4. The highest BCUT2D eigenvalue weighted by molar-refractivity contribution is 7.89. The van der Waals surface area contributed by atoms with Gasteiger partial charge in [0, 0.05) is 38.9 Å². The van der Waals surface area contributed by atoms with E-state index in [1.807, 2.05) is 6.92 Å². The maximum absolute atomic E-state index is 13.2. The van der Waals surface area contributed by atoms with Gasteiger partial charge in [-0.3, -0.25) is 4.79 Å². The number of rotatable bonds is 10. The fourth-order valence-electron chi connectivity index (χ4n) is 3.17. The second kappa shape index (κ2) is 10.6. The number of hydrogen-bond acceptors (Lipinski definition) is 6. The van der Waals surface area contributed by atoms with Crippen LogP contribution in [0, 0.1) is 5.92 Å². The second-order valence-corrected chi connectivity index (χ2v) is 8.47. The Balaban J connectivity index is 2.07. The Hall–Kier alpha value is -1.84. The molecule has 0 radical (unpaired) electrons. The van der Waals surface area contributed by atoms with E-state index >= 15 is 0 Å². The van der Waals surface area contributed by atoms with Gasteiger partial charge in [-0.05, 0) is 38.3 Å². The van der Waals surface area contributed by atoms with Crippen molar-refractivity contribution in [2.75, 3.05) is 47.1 Å². The summed E-state index contributed by atoms with van der Waals surface area (Å²) in [5.41, 5.74) is 0. The molecule has 0 unspecified atom stereocenters. The van der Waals surface area contributed by atoms with Gasteiger partial charge in [0.15, 0.2) is 0 Å². The summed E-state index contributed by atoms with van der Waals surface area (Å²) >= 11 is 0. The first-order valence-electron chi connectivity index (χ1n) is 9.51. The van der Waals surface area contributed by atoms with Gasteiger partial charge in [0.1, 0.15) is 16.4 Å². The van der Waals surface area contributed by atoms with Gasteiger partial charge in [0.25, 0.3) is 0 Å². The van der Waals surface area contributed by atoms with E-state index in [1.54, 1.807) is 12.1 Å². The molecule has 0 bridgehead atoms. The molecule has 1 amide bonds. The lowest BCUT2D eigenvalue weighted by Gasteiger charge is -2.31. The average Bonchev–Trinajstić information content (AvgIpc) is 2.73. The molecular formula is C19H30N2O6S. The summed E-state index contributed by atoms with van der Waals surface area (Å²) in [5, 5.41) is 2.88. The zero-order valence-electron chi connectivity index (χ0n) is 16.8. The lowest BCUT2D eigenvalue weighted by atomic mass is 9.99. The van der Waals surface area contributed by atoms with Crippen LogP contribution in [0.3, 0.4) is 0 Å². The number of hydrogen-bond donors (Lipinski definition) is 1. The maximum Gasteiger partial charge on any atom is 0.246 e. The number of carbonyl (C=O) groups excluding carboxylic acids is 1. The van der Waals surface area contributed by atoms with Crippen LogP contribution >= 0.6 is 0 Å². The highest BCUT2D eigenvalue weighted by Gasteiger charge is 2.35. The van der Waals surface area contributed by atoms with Crippen LogP contribution in [-0.4, -0.2) is 65.7 Å². The fourth-order valence-corrected chi connectivity index (χ4v) is 4.87. The number of benzene rings is 1. The highest BCUT2D eigenvalue weighted by Crippen LogP contribution is 2.32. The molecule has 2 rings (SSSR count). The number of nitrogens with zero attached hydrogens (tertiary/aromatic N) is 1. The Labute approximate surface area is 167 Å². The lowest BCUT2D eigenvalue weighted by Crippen LogP contribution is -2.45. The van der Waals surface area contributed by atoms with Crippen LogP contribution in [0.2, 0.25) is 0 Å². The van der Waals surface area contributed by atoms with Crippen molar-refractivity contribution in [3.63, 3.8) is 0 Å². The first-order chi connectivity index (χ1) is 13.4. The molecule has 0 aliphatic carbocycles. The molecule has 158 valence electrons. The summed E-state index contributed by atoms with van der Waals surface area (Å²) in [7, 11) is -0.905. The van der Waals surface area contributed by atoms with Gasteiger partial charge in [-0.1, -0.05) is 0 Å². The van der Waals surface area contributed by atoms with E-state index in [2.05, 4.69) is 5.32 Å². The normalized spacial score (nSPS) is 17.9. The van der Waals surface area contributed by atoms with Crippen LogP contribution in [0.25, 0.3) is 0 Å². The number of nitrogens with one attached hydrogen (secondary N) is 1. The van der Waals surface area contributed by atoms with Gasteiger partial charge in [-0.2, -0.15) is 4.31 Å². The predicted octanol–water partition coefficient (Wildman–Crippen LogP) is 1.65. The molecule has 1 aliphatic rings. The molecule has 1 heterocycles. The van der Waals surface area contributed by atoms with Crippen LogP contribution in [0.15, 0.2) is 23.1 Å². The van der Waals surface area contributed by atoms with E-state index in [1.165, 1.54) is 24.6 Å². The van der Waals surface area contributed by atoms with Gasteiger partial charge >= 0.3 is 0 Å². The highest BCUT2D eigenvalue weighted by atomic mass is 32.2. The van der Waals surface area contributed by atoms with E-state index in [0.717, 1.165) is 6.42 Å². The molecule has 1 aromatic carbocycles. The monoisotopic (exact) mass is 414 g/mol. The number of amides is 1. The summed E-state index contributed by atoms with van der Waals surface area (Å²) in [6, 6.07) is 4.66. The Morgan fingerprint density at radius 3 is 2.75 bits per heavy atom. The van der Waals surface area contributed by atoms with E-state index in [0.29, 0.717) is 44.9 Å². The zero-order chi connectivity index (χ0) is 20.6. The maximum atomic E-state index is 13.2. The first kappa shape index (κ1) is 22.4. The van der Waals surface area contributed by atoms with Gasteiger partial charge in [-0.25, -0.2) is 8.42 Å². The van der Waals surface area contributed by atoms with Crippen molar-refractivity contribution >= 4 is 15.9 Å². The van der Waals surface area contributed by atoms with E-state index in [-0.39, 0.29) is 29.0 Å². The Morgan fingerprint density at radius 2 is 2.07 bits per heavy atom. The topological polar surface area (TPSA) is 94.2 Å². The molecule has 1 aromatic rings. The standard InChI is InChI=1S/C19H30N2O6S/c1-4-27-12-6-10-20-19(22)15-7-5-11-21(14-15)28(23,24)18-13-16(25-2)8-9-17(18)26-3/h8-9,13,15H,4-7,10-12,14H2,1-3H3,(H,20,22)/t15-/m0/s1. The smallest absolute Gasteiger partial charge is 0.246 e. The average molecular weight is 415 g/mol.